The predicted molar refractivity (Wildman–Crippen MR) is 104 cm³/mol. The Balaban J connectivity index is 1.36. The van der Waals surface area contributed by atoms with Crippen LogP contribution in [0.15, 0.2) is 55.1 Å². The number of hydrogen-bond acceptors (Lipinski definition) is 6. The fourth-order valence-electron chi connectivity index (χ4n) is 3.25. The lowest BCUT2D eigenvalue weighted by Crippen LogP contribution is -2.37. The summed E-state index contributed by atoms with van der Waals surface area (Å²) >= 11 is 0. The first-order valence-electron chi connectivity index (χ1n) is 9.19. The molecule has 2 aromatic heterocycles. The summed E-state index contributed by atoms with van der Waals surface area (Å²) in [5.41, 5.74) is 3.43. The fourth-order valence-corrected chi connectivity index (χ4v) is 3.25. The van der Waals surface area contributed by atoms with Crippen LogP contribution in [-0.4, -0.2) is 58.0 Å². The van der Waals surface area contributed by atoms with Crippen molar-refractivity contribution in [2.75, 3.05) is 38.3 Å². The highest BCUT2D eigenvalue weighted by atomic mass is 16.5. The molecule has 1 fully saturated rings. The Hall–Kier alpha value is -2.77. The number of hydrogen-bond donors (Lipinski definition) is 0. The average molecular weight is 364 g/mol. The van der Waals surface area contributed by atoms with Crippen molar-refractivity contribution in [3.63, 3.8) is 0 Å². The maximum Gasteiger partial charge on any atom is 0.225 e. The summed E-state index contributed by atoms with van der Waals surface area (Å²) in [5.74, 6) is 0.789. The van der Waals surface area contributed by atoms with Gasteiger partial charge in [0.1, 0.15) is 0 Å². The summed E-state index contributed by atoms with van der Waals surface area (Å²) in [6.07, 6.45) is 7.60. The van der Waals surface area contributed by atoms with Gasteiger partial charge in [-0.1, -0.05) is 12.1 Å². The van der Waals surface area contributed by atoms with Crippen molar-refractivity contribution in [2.24, 2.45) is 0 Å². The third-order valence-electron chi connectivity index (χ3n) is 4.57. The van der Waals surface area contributed by atoms with E-state index >= 15 is 0 Å². The second kappa shape index (κ2) is 8.28. The smallest absolute Gasteiger partial charge is 0.225 e. The maximum atomic E-state index is 5.38. The minimum atomic E-state index is 0.742. The van der Waals surface area contributed by atoms with E-state index in [2.05, 4.69) is 56.2 Å². The lowest BCUT2D eigenvalue weighted by molar-refractivity contribution is 0.122. The Morgan fingerprint density at radius 3 is 2.56 bits per heavy atom. The van der Waals surface area contributed by atoms with Crippen LogP contribution in [0, 0.1) is 0 Å². The van der Waals surface area contributed by atoms with E-state index in [-0.39, 0.29) is 0 Å². The molecule has 3 aromatic rings. The summed E-state index contributed by atoms with van der Waals surface area (Å²) in [6, 6.07) is 10.4. The number of nitrogens with zero attached hydrogens (tertiary/aromatic N) is 6. The van der Waals surface area contributed by atoms with Gasteiger partial charge in [-0.05, 0) is 30.8 Å². The van der Waals surface area contributed by atoms with Crippen molar-refractivity contribution in [1.29, 1.82) is 0 Å². The molecule has 7 nitrogen and oxygen atoms in total. The molecule has 7 heteroatoms. The zero-order chi connectivity index (χ0) is 18.5. The van der Waals surface area contributed by atoms with Gasteiger partial charge < -0.3 is 9.64 Å². The molecule has 0 radical (unpaired) electrons. The monoisotopic (exact) mass is 364 g/mol. The quantitative estimate of drug-likeness (QED) is 0.668. The van der Waals surface area contributed by atoms with E-state index < -0.39 is 0 Å². The van der Waals surface area contributed by atoms with Crippen molar-refractivity contribution < 1.29 is 4.74 Å². The van der Waals surface area contributed by atoms with E-state index in [1.54, 1.807) is 6.20 Å². The van der Waals surface area contributed by atoms with Crippen LogP contribution in [0.5, 0.6) is 0 Å². The van der Waals surface area contributed by atoms with Gasteiger partial charge in [-0.25, -0.2) is 14.6 Å². The first kappa shape index (κ1) is 17.6. The van der Waals surface area contributed by atoms with Gasteiger partial charge in [0.15, 0.2) is 0 Å². The van der Waals surface area contributed by atoms with Crippen molar-refractivity contribution in [2.45, 2.75) is 13.1 Å². The van der Waals surface area contributed by atoms with Crippen LogP contribution in [-0.2, 0) is 17.8 Å². The topological polar surface area (TPSA) is 59.3 Å². The predicted octanol–water partition coefficient (Wildman–Crippen LogP) is 2.13. The largest absolute Gasteiger partial charge is 0.378 e. The van der Waals surface area contributed by atoms with E-state index in [0.717, 1.165) is 56.6 Å². The number of benzene rings is 1. The van der Waals surface area contributed by atoms with Crippen LogP contribution in [0.2, 0.25) is 0 Å². The fraction of sp³-hybridized carbons (Fsp3) is 0.350. The molecular weight excluding hydrogens is 340 g/mol. The molecule has 1 aliphatic rings. The SMILES string of the molecule is CN(Cc1cnc(N2CCOCC2)nc1)Cc1cccc(-n2cccn2)c1. The van der Waals surface area contributed by atoms with Gasteiger partial charge in [-0.2, -0.15) is 5.10 Å². The normalized spacial score (nSPS) is 14.7. The van der Waals surface area contributed by atoms with Crippen molar-refractivity contribution in [1.82, 2.24) is 24.6 Å². The lowest BCUT2D eigenvalue weighted by Gasteiger charge is -2.26. The van der Waals surface area contributed by atoms with Crippen LogP contribution in [0.1, 0.15) is 11.1 Å². The Kier molecular flexibility index (Phi) is 5.41. The van der Waals surface area contributed by atoms with Gasteiger partial charge in [-0.3, -0.25) is 4.90 Å². The summed E-state index contributed by atoms with van der Waals surface area (Å²) < 4.78 is 7.25. The minimum Gasteiger partial charge on any atom is -0.378 e. The Labute approximate surface area is 159 Å². The van der Waals surface area contributed by atoms with Crippen molar-refractivity contribution in [3.05, 3.63) is 66.2 Å². The Morgan fingerprint density at radius 1 is 1.04 bits per heavy atom. The molecule has 0 spiro atoms. The molecule has 0 aliphatic carbocycles. The van der Waals surface area contributed by atoms with Crippen molar-refractivity contribution >= 4 is 5.95 Å². The highest BCUT2D eigenvalue weighted by Gasteiger charge is 2.13. The minimum absolute atomic E-state index is 0.742. The third kappa shape index (κ3) is 4.50. The van der Waals surface area contributed by atoms with E-state index in [1.807, 2.05) is 29.3 Å². The Bertz CT molecular complexity index is 843. The zero-order valence-corrected chi connectivity index (χ0v) is 15.5. The lowest BCUT2D eigenvalue weighted by atomic mass is 10.2. The molecular formula is C20H24N6O. The molecule has 27 heavy (non-hydrogen) atoms. The molecule has 1 aromatic carbocycles. The third-order valence-corrected chi connectivity index (χ3v) is 4.57. The first-order valence-corrected chi connectivity index (χ1v) is 9.19. The summed E-state index contributed by atoms with van der Waals surface area (Å²) in [7, 11) is 2.11. The van der Waals surface area contributed by atoms with Crippen LogP contribution < -0.4 is 4.90 Å². The molecule has 3 heterocycles. The van der Waals surface area contributed by atoms with Gasteiger partial charge in [-0.15, -0.1) is 0 Å². The number of anilines is 1. The average Bonchev–Trinajstić information content (AvgIpc) is 3.24. The Morgan fingerprint density at radius 2 is 1.81 bits per heavy atom. The number of aromatic nitrogens is 4. The highest BCUT2D eigenvalue weighted by Crippen LogP contribution is 2.14. The van der Waals surface area contributed by atoms with Gasteiger partial charge in [0.25, 0.3) is 0 Å². The molecule has 4 rings (SSSR count). The van der Waals surface area contributed by atoms with E-state index in [0.29, 0.717) is 0 Å². The zero-order valence-electron chi connectivity index (χ0n) is 15.5. The van der Waals surface area contributed by atoms with Crippen LogP contribution >= 0.6 is 0 Å². The second-order valence-electron chi connectivity index (χ2n) is 6.78. The number of morpholine rings is 1. The molecule has 0 bridgehead atoms. The van der Waals surface area contributed by atoms with E-state index in [9.17, 15) is 0 Å². The maximum absolute atomic E-state index is 5.38. The van der Waals surface area contributed by atoms with Crippen LogP contribution in [0.4, 0.5) is 5.95 Å². The summed E-state index contributed by atoms with van der Waals surface area (Å²) in [5, 5.41) is 4.30. The molecule has 0 saturated carbocycles. The van der Waals surface area contributed by atoms with Crippen LogP contribution in [0.3, 0.4) is 0 Å². The highest BCUT2D eigenvalue weighted by molar-refractivity contribution is 5.35. The molecule has 0 unspecified atom stereocenters. The standard InChI is InChI=1S/C20H24N6O/c1-24(15-17-4-2-5-19(12-17)26-7-3-6-23-26)16-18-13-21-20(22-14-18)25-8-10-27-11-9-25/h2-7,12-14H,8-11,15-16H2,1H3. The van der Waals surface area contributed by atoms with Gasteiger partial charge in [0.05, 0.1) is 18.9 Å². The van der Waals surface area contributed by atoms with Gasteiger partial charge in [0.2, 0.25) is 5.95 Å². The molecule has 140 valence electrons. The number of rotatable bonds is 6. The number of ether oxygens (including phenoxy) is 1. The van der Waals surface area contributed by atoms with Gasteiger partial charge in [0, 0.05) is 56.5 Å². The molecule has 1 saturated heterocycles. The second-order valence-corrected chi connectivity index (χ2v) is 6.78. The molecule has 1 aliphatic heterocycles. The molecule has 0 atom stereocenters. The summed E-state index contributed by atoms with van der Waals surface area (Å²) in [4.78, 5) is 13.5. The van der Waals surface area contributed by atoms with Crippen LogP contribution in [0.25, 0.3) is 5.69 Å². The first-order chi connectivity index (χ1) is 13.3. The van der Waals surface area contributed by atoms with E-state index in [1.165, 1.54) is 5.56 Å². The molecule has 0 N–H and O–H groups in total. The van der Waals surface area contributed by atoms with E-state index in [4.69, 9.17) is 4.74 Å². The molecule has 0 amide bonds. The summed E-state index contributed by atoms with van der Waals surface area (Å²) in [6.45, 7) is 4.84. The van der Waals surface area contributed by atoms with Gasteiger partial charge >= 0.3 is 0 Å². The van der Waals surface area contributed by atoms with Crippen molar-refractivity contribution in [3.8, 4) is 5.69 Å².